The van der Waals surface area contributed by atoms with E-state index in [0.717, 1.165) is 11.1 Å². The number of benzene rings is 1. The van der Waals surface area contributed by atoms with Crippen molar-refractivity contribution in [2.45, 2.75) is 13.8 Å². The Balaban J connectivity index is 2.27. The first-order valence-corrected chi connectivity index (χ1v) is 6.39. The van der Waals surface area contributed by atoms with Gasteiger partial charge in [0.05, 0.1) is 0 Å². The molecule has 7 heteroatoms. The van der Waals surface area contributed by atoms with Gasteiger partial charge in [0.1, 0.15) is 5.69 Å². The smallest absolute Gasteiger partial charge is 0.224 e. The number of aryl methyl sites for hydroxylation is 2. The molecular weight excluding hydrogens is 266 g/mol. The molecule has 0 fully saturated rings. The van der Waals surface area contributed by atoms with Crippen LogP contribution in [0.3, 0.4) is 0 Å². The lowest BCUT2D eigenvalue weighted by atomic mass is 10.0. The second-order valence-electron chi connectivity index (χ2n) is 4.90. The highest BCUT2D eigenvalue weighted by atomic mass is 15.1. The number of fused-ring (bicyclic) bond motifs is 1. The third-order valence-electron chi connectivity index (χ3n) is 3.38. The number of hydrogen-bond donors (Lipinski definition) is 3. The van der Waals surface area contributed by atoms with E-state index in [1.165, 1.54) is 5.56 Å². The van der Waals surface area contributed by atoms with Gasteiger partial charge in [0.25, 0.3) is 0 Å². The lowest BCUT2D eigenvalue weighted by molar-refractivity contribution is 1.17. The highest BCUT2D eigenvalue weighted by molar-refractivity contribution is 5.87. The van der Waals surface area contributed by atoms with Crippen LogP contribution in [0.15, 0.2) is 18.2 Å². The second-order valence-corrected chi connectivity index (χ2v) is 4.90. The van der Waals surface area contributed by atoms with E-state index in [9.17, 15) is 0 Å². The molecule has 3 rings (SSSR count). The van der Waals surface area contributed by atoms with Gasteiger partial charge < -0.3 is 17.2 Å². The van der Waals surface area contributed by atoms with Crippen molar-refractivity contribution in [1.29, 1.82) is 0 Å². The van der Waals surface area contributed by atoms with Crippen molar-refractivity contribution >= 4 is 28.7 Å². The number of nitrogen functional groups attached to an aromatic ring is 3. The van der Waals surface area contributed by atoms with Crippen molar-refractivity contribution in [3.8, 4) is 11.3 Å². The zero-order chi connectivity index (χ0) is 15.1. The van der Waals surface area contributed by atoms with Crippen LogP contribution >= 0.6 is 0 Å². The summed E-state index contributed by atoms with van der Waals surface area (Å²) in [7, 11) is 0. The van der Waals surface area contributed by atoms with E-state index in [4.69, 9.17) is 17.2 Å². The zero-order valence-electron chi connectivity index (χ0n) is 11.8. The van der Waals surface area contributed by atoms with Gasteiger partial charge in [-0.3, -0.25) is 0 Å². The molecule has 0 atom stereocenters. The van der Waals surface area contributed by atoms with Crippen LogP contribution in [0.1, 0.15) is 11.1 Å². The molecule has 0 aliphatic rings. The topological polar surface area (TPSA) is 130 Å². The van der Waals surface area contributed by atoms with Crippen molar-refractivity contribution in [2.75, 3.05) is 17.2 Å². The summed E-state index contributed by atoms with van der Waals surface area (Å²) in [5, 5.41) is 0. The average Bonchev–Trinajstić information content (AvgIpc) is 2.41. The van der Waals surface area contributed by atoms with Crippen LogP contribution < -0.4 is 17.2 Å². The number of anilines is 3. The molecule has 2 heterocycles. The summed E-state index contributed by atoms with van der Waals surface area (Å²) in [6.07, 6.45) is 0. The Morgan fingerprint density at radius 2 is 1.57 bits per heavy atom. The highest BCUT2D eigenvalue weighted by Gasteiger charge is 2.13. The fourth-order valence-electron chi connectivity index (χ4n) is 2.10. The van der Waals surface area contributed by atoms with Crippen molar-refractivity contribution in [3.05, 3.63) is 29.3 Å². The molecule has 0 radical (unpaired) electrons. The van der Waals surface area contributed by atoms with Gasteiger partial charge in [-0.1, -0.05) is 12.1 Å². The molecular formula is C14H15N7. The summed E-state index contributed by atoms with van der Waals surface area (Å²) < 4.78 is 0. The molecule has 6 N–H and O–H groups in total. The number of aromatic nitrogens is 4. The van der Waals surface area contributed by atoms with Crippen LogP contribution in [0, 0.1) is 13.8 Å². The number of nitrogens with zero attached hydrogens (tertiary/aromatic N) is 4. The minimum absolute atomic E-state index is 0.0487. The molecule has 106 valence electrons. The monoisotopic (exact) mass is 281 g/mol. The van der Waals surface area contributed by atoms with Crippen molar-refractivity contribution in [1.82, 2.24) is 19.9 Å². The molecule has 0 spiro atoms. The fraction of sp³-hybridized carbons (Fsp3) is 0.143. The highest BCUT2D eigenvalue weighted by Crippen LogP contribution is 2.27. The molecule has 0 saturated carbocycles. The summed E-state index contributed by atoms with van der Waals surface area (Å²) >= 11 is 0. The van der Waals surface area contributed by atoms with Crippen LogP contribution in [-0.4, -0.2) is 19.9 Å². The molecule has 2 aromatic heterocycles. The predicted octanol–water partition coefficient (Wildman–Crippen LogP) is 1.45. The maximum absolute atomic E-state index is 5.99. The Morgan fingerprint density at radius 3 is 2.29 bits per heavy atom. The van der Waals surface area contributed by atoms with Gasteiger partial charge >= 0.3 is 0 Å². The van der Waals surface area contributed by atoms with E-state index in [2.05, 4.69) is 19.9 Å². The SMILES string of the molecule is Cc1ccc(-c2nc3c(N)nc(N)nc3nc2N)cc1C. The van der Waals surface area contributed by atoms with Crippen LogP contribution in [0.25, 0.3) is 22.4 Å². The Hall–Kier alpha value is -2.96. The van der Waals surface area contributed by atoms with Crippen LogP contribution in [0.2, 0.25) is 0 Å². The van der Waals surface area contributed by atoms with Gasteiger partial charge in [-0.2, -0.15) is 9.97 Å². The first-order chi connectivity index (χ1) is 9.95. The van der Waals surface area contributed by atoms with Crippen LogP contribution in [0.4, 0.5) is 17.6 Å². The molecule has 0 aliphatic carbocycles. The maximum Gasteiger partial charge on any atom is 0.224 e. The van der Waals surface area contributed by atoms with E-state index in [1.54, 1.807) is 0 Å². The number of hydrogen-bond acceptors (Lipinski definition) is 7. The first-order valence-electron chi connectivity index (χ1n) is 6.39. The summed E-state index contributed by atoms with van der Waals surface area (Å²) in [6.45, 7) is 4.07. The van der Waals surface area contributed by atoms with Gasteiger partial charge in [0.2, 0.25) is 5.95 Å². The summed E-state index contributed by atoms with van der Waals surface area (Å²) in [5.41, 5.74) is 21.8. The Bertz CT molecular complexity index is 858. The van der Waals surface area contributed by atoms with Crippen LogP contribution in [0.5, 0.6) is 0 Å². The average molecular weight is 281 g/mol. The van der Waals surface area contributed by atoms with Gasteiger partial charge in [-0.05, 0) is 31.0 Å². The van der Waals surface area contributed by atoms with Crippen molar-refractivity contribution < 1.29 is 0 Å². The molecule has 0 saturated heterocycles. The molecule has 0 unspecified atom stereocenters. The normalized spacial score (nSPS) is 11.0. The Labute approximate surface area is 121 Å². The summed E-state index contributed by atoms with van der Waals surface area (Å²) in [5.74, 6) is 0.519. The molecule has 1 aromatic carbocycles. The number of nitrogens with two attached hydrogens (primary N) is 3. The molecule has 0 amide bonds. The molecule has 0 bridgehead atoms. The molecule has 0 aliphatic heterocycles. The fourth-order valence-corrected chi connectivity index (χ4v) is 2.10. The lowest BCUT2D eigenvalue weighted by Crippen LogP contribution is -2.06. The van der Waals surface area contributed by atoms with Crippen molar-refractivity contribution in [3.63, 3.8) is 0 Å². The maximum atomic E-state index is 5.99. The van der Waals surface area contributed by atoms with E-state index in [0.29, 0.717) is 16.9 Å². The summed E-state index contributed by atoms with van der Waals surface area (Å²) in [6, 6.07) is 5.97. The van der Waals surface area contributed by atoms with E-state index in [-0.39, 0.29) is 17.6 Å². The second kappa shape index (κ2) is 4.55. The predicted molar refractivity (Wildman–Crippen MR) is 83.3 cm³/mol. The standard InChI is InChI=1S/C14H15N7/c1-6-3-4-8(5-7(6)2)9-11(15)19-13-10(18-9)12(16)20-14(17)21-13/h3-5H,1-2H3,(H6,15,16,17,19,20,21). The number of rotatable bonds is 1. The summed E-state index contributed by atoms with van der Waals surface area (Å²) in [4.78, 5) is 16.6. The van der Waals surface area contributed by atoms with E-state index < -0.39 is 0 Å². The molecule has 7 nitrogen and oxygen atoms in total. The zero-order valence-corrected chi connectivity index (χ0v) is 11.8. The quantitative estimate of drug-likeness (QED) is 0.615. The van der Waals surface area contributed by atoms with Crippen LogP contribution in [-0.2, 0) is 0 Å². The minimum Gasteiger partial charge on any atom is -0.382 e. The van der Waals surface area contributed by atoms with E-state index >= 15 is 0 Å². The minimum atomic E-state index is 0.0487. The van der Waals surface area contributed by atoms with Gasteiger partial charge in [0, 0.05) is 5.56 Å². The first kappa shape index (κ1) is 13.0. The molecule has 21 heavy (non-hydrogen) atoms. The third kappa shape index (κ3) is 2.18. The van der Waals surface area contributed by atoms with Crippen molar-refractivity contribution in [2.24, 2.45) is 0 Å². The Kier molecular flexibility index (Phi) is 2.83. The largest absolute Gasteiger partial charge is 0.382 e. The Morgan fingerprint density at radius 1 is 0.810 bits per heavy atom. The van der Waals surface area contributed by atoms with Gasteiger partial charge in [-0.25, -0.2) is 9.97 Å². The van der Waals surface area contributed by atoms with E-state index in [1.807, 2.05) is 32.0 Å². The van der Waals surface area contributed by atoms with Gasteiger partial charge in [0.15, 0.2) is 22.8 Å². The molecule has 3 aromatic rings. The van der Waals surface area contributed by atoms with Gasteiger partial charge in [-0.15, -0.1) is 0 Å². The lowest BCUT2D eigenvalue weighted by Gasteiger charge is -2.09. The third-order valence-corrected chi connectivity index (χ3v) is 3.38.